The molecule has 2 heterocycles. The van der Waals surface area contributed by atoms with Crippen molar-refractivity contribution in [2.45, 2.75) is 77.6 Å². The molecular weight excluding hydrogens is 472 g/mol. The number of aromatic nitrogens is 4. The third-order valence-corrected chi connectivity index (χ3v) is 6.99. The molecule has 1 aromatic carbocycles. The van der Waals surface area contributed by atoms with Crippen molar-refractivity contribution in [1.29, 1.82) is 0 Å². The maximum absolute atomic E-state index is 5.06. The largest absolute Gasteiger partial charge is 0.370 e. The standard InChI is InChI=1S/C30H44N8/c1-5-14-31-26-19-24(35-29(37-26)33-16-7-3)23-18-22(21-12-10-9-11-13-21)28(23)25-20-27(32-15-6-2)38-30(36-25)34-17-8-4/h9-13,19-20,22-23,28H,5-8,14-18H2,1-4H3,(H2,31,33,35,37)(H2,32,34,36,38)/t22-,23-,28-/m1/s1. The zero-order chi connectivity index (χ0) is 26.7. The highest BCUT2D eigenvalue weighted by Crippen LogP contribution is 2.58. The molecule has 1 aliphatic rings. The summed E-state index contributed by atoms with van der Waals surface area (Å²) in [7, 11) is 0. The number of hydrogen-bond donors (Lipinski definition) is 4. The normalized spacial score (nSPS) is 18.5. The summed E-state index contributed by atoms with van der Waals surface area (Å²) in [6, 6.07) is 15.1. The fourth-order valence-corrected chi connectivity index (χ4v) is 5.02. The molecule has 1 saturated carbocycles. The summed E-state index contributed by atoms with van der Waals surface area (Å²) in [5.74, 6) is 3.95. The lowest BCUT2D eigenvalue weighted by Crippen LogP contribution is -2.33. The molecule has 0 spiro atoms. The van der Waals surface area contributed by atoms with Crippen molar-refractivity contribution in [3.8, 4) is 0 Å². The Morgan fingerprint density at radius 3 is 1.66 bits per heavy atom. The van der Waals surface area contributed by atoms with E-state index in [0.717, 1.165) is 81.3 Å². The van der Waals surface area contributed by atoms with E-state index in [1.54, 1.807) is 0 Å². The quantitative estimate of drug-likeness (QED) is 0.179. The first kappa shape index (κ1) is 27.6. The van der Waals surface area contributed by atoms with Gasteiger partial charge in [0.1, 0.15) is 11.6 Å². The van der Waals surface area contributed by atoms with Gasteiger partial charge in [0, 0.05) is 50.1 Å². The van der Waals surface area contributed by atoms with Crippen LogP contribution in [0.25, 0.3) is 0 Å². The molecule has 3 aromatic rings. The molecule has 8 heteroatoms. The van der Waals surface area contributed by atoms with Crippen LogP contribution in [0.3, 0.4) is 0 Å². The maximum atomic E-state index is 5.06. The van der Waals surface area contributed by atoms with Crippen molar-refractivity contribution in [3.63, 3.8) is 0 Å². The number of nitrogens with zero attached hydrogens (tertiary/aromatic N) is 4. The first-order valence-electron chi connectivity index (χ1n) is 14.4. The molecule has 204 valence electrons. The average molecular weight is 517 g/mol. The Labute approximate surface area is 227 Å². The third-order valence-electron chi connectivity index (χ3n) is 6.99. The van der Waals surface area contributed by atoms with Crippen LogP contribution in [-0.4, -0.2) is 46.1 Å². The van der Waals surface area contributed by atoms with Crippen molar-refractivity contribution < 1.29 is 0 Å². The highest BCUT2D eigenvalue weighted by Gasteiger charge is 2.45. The van der Waals surface area contributed by atoms with Crippen LogP contribution in [0, 0.1) is 0 Å². The van der Waals surface area contributed by atoms with Gasteiger partial charge in [-0.1, -0.05) is 58.0 Å². The van der Waals surface area contributed by atoms with E-state index in [2.05, 4.69) is 91.4 Å². The molecule has 0 amide bonds. The number of rotatable bonds is 15. The Morgan fingerprint density at radius 2 is 1.11 bits per heavy atom. The Bertz CT molecular complexity index is 1080. The fraction of sp³-hybridized carbons (Fsp3) is 0.533. The molecule has 4 N–H and O–H groups in total. The number of nitrogens with one attached hydrogen (secondary N) is 4. The predicted molar refractivity (Wildman–Crippen MR) is 158 cm³/mol. The highest BCUT2D eigenvalue weighted by molar-refractivity contribution is 5.49. The van der Waals surface area contributed by atoms with Crippen LogP contribution in [0.15, 0.2) is 42.5 Å². The Kier molecular flexibility index (Phi) is 10.1. The highest BCUT2D eigenvalue weighted by atomic mass is 15.2. The van der Waals surface area contributed by atoms with Crippen molar-refractivity contribution in [2.24, 2.45) is 0 Å². The first-order chi connectivity index (χ1) is 18.7. The van der Waals surface area contributed by atoms with Gasteiger partial charge >= 0.3 is 0 Å². The van der Waals surface area contributed by atoms with Crippen molar-refractivity contribution in [3.05, 3.63) is 59.4 Å². The lowest BCUT2D eigenvalue weighted by Gasteiger charge is -2.45. The average Bonchev–Trinajstić information content (AvgIpc) is 2.92. The number of benzene rings is 1. The van der Waals surface area contributed by atoms with Crippen LogP contribution >= 0.6 is 0 Å². The van der Waals surface area contributed by atoms with E-state index in [9.17, 15) is 0 Å². The summed E-state index contributed by atoms with van der Waals surface area (Å²) in [4.78, 5) is 19.6. The molecule has 3 atom stereocenters. The molecule has 8 nitrogen and oxygen atoms in total. The Morgan fingerprint density at radius 1 is 0.605 bits per heavy atom. The minimum Gasteiger partial charge on any atom is -0.370 e. The van der Waals surface area contributed by atoms with E-state index < -0.39 is 0 Å². The van der Waals surface area contributed by atoms with Gasteiger partial charge in [-0.25, -0.2) is 9.97 Å². The summed E-state index contributed by atoms with van der Waals surface area (Å²) in [6.07, 6.45) is 5.14. The van der Waals surface area contributed by atoms with E-state index in [4.69, 9.17) is 19.9 Å². The van der Waals surface area contributed by atoms with Gasteiger partial charge in [0.05, 0.1) is 11.4 Å². The summed E-state index contributed by atoms with van der Waals surface area (Å²) >= 11 is 0. The fourth-order valence-electron chi connectivity index (χ4n) is 5.02. The van der Waals surface area contributed by atoms with E-state index >= 15 is 0 Å². The zero-order valence-corrected chi connectivity index (χ0v) is 23.4. The second-order valence-electron chi connectivity index (χ2n) is 10.1. The van der Waals surface area contributed by atoms with Gasteiger partial charge < -0.3 is 21.3 Å². The van der Waals surface area contributed by atoms with E-state index in [1.165, 1.54) is 5.56 Å². The maximum Gasteiger partial charge on any atom is 0.224 e. The van der Waals surface area contributed by atoms with Gasteiger partial charge in [-0.15, -0.1) is 0 Å². The smallest absolute Gasteiger partial charge is 0.224 e. The van der Waals surface area contributed by atoms with Crippen molar-refractivity contribution in [2.75, 3.05) is 47.4 Å². The van der Waals surface area contributed by atoms with Gasteiger partial charge in [0.15, 0.2) is 0 Å². The zero-order valence-electron chi connectivity index (χ0n) is 23.4. The molecule has 0 aliphatic heterocycles. The molecule has 0 saturated heterocycles. The van der Waals surface area contributed by atoms with Gasteiger partial charge in [-0.2, -0.15) is 9.97 Å². The summed E-state index contributed by atoms with van der Waals surface area (Å²) < 4.78 is 0. The van der Waals surface area contributed by atoms with Crippen molar-refractivity contribution >= 4 is 23.5 Å². The number of hydrogen-bond acceptors (Lipinski definition) is 8. The van der Waals surface area contributed by atoms with Gasteiger partial charge in [0.25, 0.3) is 0 Å². The molecule has 0 bridgehead atoms. The number of anilines is 4. The minimum absolute atomic E-state index is 0.192. The van der Waals surface area contributed by atoms with Crippen LogP contribution in [-0.2, 0) is 0 Å². The summed E-state index contributed by atoms with van der Waals surface area (Å²) in [5.41, 5.74) is 3.48. The van der Waals surface area contributed by atoms with E-state index in [-0.39, 0.29) is 11.8 Å². The molecule has 0 radical (unpaired) electrons. The predicted octanol–water partition coefficient (Wildman–Crippen LogP) is 6.61. The molecule has 1 fully saturated rings. The molecule has 38 heavy (non-hydrogen) atoms. The molecular formula is C30H44N8. The van der Waals surface area contributed by atoms with Gasteiger partial charge in [-0.3, -0.25) is 0 Å². The topological polar surface area (TPSA) is 99.7 Å². The second kappa shape index (κ2) is 13.9. The van der Waals surface area contributed by atoms with E-state index in [1.807, 2.05) is 0 Å². The van der Waals surface area contributed by atoms with Crippen LogP contribution in [0.5, 0.6) is 0 Å². The van der Waals surface area contributed by atoms with E-state index in [0.29, 0.717) is 17.8 Å². The van der Waals surface area contributed by atoms with Crippen LogP contribution < -0.4 is 21.3 Å². The second-order valence-corrected chi connectivity index (χ2v) is 10.1. The van der Waals surface area contributed by atoms with Crippen LogP contribution in [0.1, 0.15) is 94.5 Å². The molecule has 1 aliphatic carbocycles. The summed E-state index contributed by atoms with van der Waals surface area (Å²) in [5, 5.41) is 13.8. The van der Waals surface area contributed by atoms with Crippen molar-refractivity contribution in [1.82, 2.24) is 19.9 Å². The monoisotopic (exact) mass is 516 g/mol. The molecule has 0 unspecified atom stereocenters. The Balaban J connectivity index is 1.74. The summed E-state index contributed by atoms with van der Waals surface area (Å²) in [6.45, 7) is 12.1. The lowest BCUT2D eigenvalue weighted by atomic mass is 9.59. The minimum atomic E-state index is 0.192. The lowest BCUT2D eigenvalue weighted by molar-refractivity contribution is 0.274. The third kappa shape index (κ3) is 6.91. The molecule has 2 aromatic heterocycles. The molecule has 4 rings (SSSR count). The van der Waals surface area contributed by atoms with Gasteiger partial charge in [0.2, 0.25) is 11.9 Å². The van der Waals surface area contributed by atoms with Crippen LogP contribution in [0.2, 0.25) is 0 Å². The van der Waals surface area contributed by atoms with Crippen LogP contribution in [0.4, 0.5) is 23.5 Å². The first-order valence-corrected chi connectivity index (χ1v) is 14.4. The Hall–Kier alpha value is -3.42. The van der Waals surface area contributed by atoms with Gasteiger partial charge in [-0.05, 0) is 43.6 Å². The SMILES string of the molecule is CCCNc1cc([C@@H]2[C@@H](c3ccccc3)C[C@@H]2c2cc(NCCC)nc(NCCC)n2)nc(NCCC)n1.